The molecule has 83 valence electrons. The molecule has 0 fully saturated rings. The van der Waals surface area contributed by atoms with Gasteiger partial charge in [0, 0.05) is 0 Å². The SMILES string of the molecule is N#CC1C(=O)N=C([Se])C(=C=N)C1c1ccco1. The second-order valence-electron chi connectivity index (χ2n) is 3.39. The number of nitriles is 1. The van der Waals surface area contributed by atoms with Crippen molar-refractivity contribution in [1.29, 1.82) is 10.7 Å². The van der Waals surface area contributed by atoms with Gasteiger partial charge in [0.1, 0.15) is 0 Å². The molecule has 1 radical (unpaired) electrons. The zero-order chi connectivity index (χ0) is 12.4. The first-order valence-electron chi connectivity index (χ1n) is 4.71. The normalized spacial score (nSPS) is 23.8. The summed E-state index contributed by atoms with van der Waals surface area (Å²) in [6.07, 6.45) is 1.46. The van der Waals surface area contributed by atoms with E-state index in [9.17, 15) is 4.79 Å². The number of hydrogen-bond donors (Lipinski definition) is 1. The molecule has 2 atom stereocenters. The molecule has 1 aliphatic heterocycles. The van der Waals surface area contributed by atoms with Crippen molar-refractivity contribution >= 4 is 32.4 Å². The Morgan fingerprint density at radius 2 is 2.35 bits per heavy atom. The van der Waals surface area contributed by atoms with Crippen molar-refractivity contribution in [1.82, 2.24) is 0 Å². The van der Waals surface area contributed by atoms with E-state index in [1.165, 1.54) is 6.26 Å². The van der Waals surface area contributed by atoms with E-state index in [2.05, 4.69) is 26.9 Å². The molecule has 0 saturated carbocycles. The van der Waals surface area contributed by atoms with Crippen LogP contribution in [0.4, 0.5) is 0 Å². The number of carbonyl (C=O) groups is 1. The number of nitrogens with one attached hydrogen (secondary N) is 1. The molecule has 17 heavy (non-hydrogen) atoms. The van der Waals surface area contributed by atoms with Crippen molar-refractivity contribution in [2.75, 3.05) is 0 Å². The third kappa shape index (κ3) is 1.88. The zero-order valence-electron chi connectivity index (χ0n) is 8.51. The molecule has 1 N–H and O–H groups in total. The average Bonchev–Trinajstić information content (AvgIpc) is 2.81. The van der Waals surface area contributed by atoms with Gasteiger partial charge in [-0.25, -0.2) is 0 Å². The van der Waals surface area contributed by atoms with Crippen LogP contribution in [0.3, 0.4) is 0 Å². The van der Waals surface area contributed by atoms with Gasteiger partial charge in [-0.2, -0.15) is 0 Å². The van der Waals surface area contributed by atoms with Crippen molar-refractivity contribution in [2.24, 2.45) is 10.9 Å². The van der Waals surface area contributed by atoms with E-state index in [1.54, 1.807) is 12.1 Å². The molecule has 6 heteroatoms. The summed E-state index contributed by atoms with van der Waals surface area (Å²) in [5, 5.41) is 16.3. The van der Waals surface area contributed by atoms with Crippen LogP contribution < -0.4 is 0 Å². The average molecular weight is 291 g/mol. The number of amides is 1. The Balaban J connectivity index is 2.60. The van der Waals surface area contributed by atoms with Crippen LogP contribution in [0.15, 0.2) is 33.4 Å². The van der Waals surface area contributed by atoms with Crippen LogP contribution in [0, 0.1) is 22.7 Å². The summed E-state index contributed by atoms with van der Waals surface area (Å²) in [5.74, 6) is 0.569. The van der Waals surface area contributed by atoms with Crippen LogP contribution in [0.25, 0.3) is 0 Å². The van der Waals surface area contributed by atoms with Crippen molar-refractivity contribution in [2.45, 2.75) is 5.92 Å². The topological polar surface area (TPSA) is 90.2 Å². The first-order chi connectivity index (χ1) is 8.19. The molecule has 0 aromatic carbocycles. The first-order valence-corrected chi connectivity index (χ1v) is 5.57. The molecule has 1 aromatic rings. The minimum absolute atomic E-state index is 0.290. The third-order valence-corrected chi connectivity index (χ3v) is 3.13. The van der Waals surface area contributed by atoms with Crippen LogP contribution in [-0.2, 0) is 4.79 Å². The maximum absolute atomic E-state index is 11.6. The number of carbonyl (C=O) groups excluding carboxylic acids is 1. The quantitative estimate of drug-likeness (QED) is 0.612. The summed E-state index contributed by atoms with van der Waals surface area (Å²) in [6.45, 7) is 0. The number of rotatable bonds is 1. The summed E-state index contributed by atoms with van der Waals surface area (Å²) < 4.78 is 5.51. The Kier molecular flexibility index (Phi) is 3.08. The number of aliphatic imine (C=N–C) groups is 1. The molecule has 1 amide bonds. The number of nitrogens with zero attached hydrogens (tertiary/aromatic N) is 2. The van der Waals surface area contributed by atoms with Gasteiger partial charge in [0.15, 0.2) is 0 Å². The van der Waals surface area contributed by atoms with Crippen LogP contribution in [-0.4, -0.2) is 32.4 Å². The zero-order valence-corrected chi connectivity index (χ0v) is 10.2. The summed E-state index contributed by atoms with van der Waals surface area (Å²) >= 11 is 2.61. The van der Waals surface area contributed by atoms with Gasteiger partial charge in [-0.1, -0.05) is 0 Å². The Hall–Kier alpha value is -1.92. The molecular weight excluding hydrogens is 285 g/mol. The van der Waals surface area contributed by atoms with Crippen molar-refractivity contribution in [3.63, 3.8) is 0 Å². The van der Waals surface area contributed by atoms with Gasteiger partial charge < -0.3 is 0 Å². The van der Waals surface area contributed by atoms with Crippen LogP contribution in [0.5, 0.6) is 0 Å². The van der Waals surface area contributed by atoms with Crippen LogP contribution >= 0.6 is 0 Å². The number of furan rings is 1. The molecule has 0 saturated heterocycles. The summed E-state index contributed by atoms with van der Waals surface area (Å²) in [7, 11) is 0. The van der Waals surface area contributed by atoms with Crippen LogP contribution in [0.2, 0.25) is 0 Å². The maximum atomic E-state index is 11.6. The third-order valence-electron chi connectivity index (χ3n) is 2.48. The van der Waals surface area contributed by atoms with Gasteiger partial charge in [0.25, 0.3) is 0 Å². The van der Waals surface area contributed by atoms with Crippen molar-refractivity contribution in [3.05, 3.63) is 29.7 Å². The van der Waals surface area contributed by atoms with Crippen molar-refractivity contribution < 1.29 is 9.21 Å². The molecule has 0 bridgehead atoms. The molecule has 5 nitrogen and oxygen atoms in total. The van der Waals surface area contributed by atoms with E-state index in [0.29, 0.717) is 11.3 Å². The van der Waals surface area contributed by atoms with Gasteiger partial charge in [-0.15, -0.1) is 0 Å². The molecule has 0 aliphatic carbocycles. The summed E-state index contributed by atoms with van der Waals surface area (Å²) in [6, 6.07) is 5.23. The second-order valence-corrected chi connectivity index (χ2v) is 4.21. The Morgan fingerprint density at radius 3 is 2.88 bits per heavy atom. The predicted molar refractivity (Wildman–Crippen MR) is 60.0 cm³/mol. The van der Waals surface area contributed by atoms with E-state index in [0.717, 1.165) is 0 Å². The fourth-order valence-electron chi connectivity index (χ4n) is 1.71. The molecule has 1 aromatic heterocycles. The van der Waals surface area contributed by atoms with E-state index in [1.807, 2.05) is 6.07 Å². The Morgan fingerprint density at radius 1 is 1.59 bits per heavy atom. The molecule has 2 rings (SSSR count). The van der Waals surface area contributed by atoms with Gasteiger partial charge in [0.2, 0.25) is 0 Å². The monoisotopic (exact) mass is 292 g/mol. The Labute approximate surface area is 105 Å². The molecule has 2 unspecified atom stereocenters. The van der Waals surface area contributed by atoms with Crippen molar-refractivity contribution in [3.8, 4) is 6.07 Å². The second kappa shape index (κ2) is 4.52. The van der Waals surface area contributed by atoms with Gasteiger partial charge in [0.05, 0.1) is 0 Å². The fraction of sp³-hybridized carbons (Fsp3) is 0.182. The minimum atomic E-state index is -0.967. The molecular formula is C11H6N3O2Se. The van der Waals surface area contributed by atoms with Gasteiger partial charge >= 0.3 is 105 Å². The Bertz CT molecular complexity index is 576. The van der Waals surface area contributed by atoms with E-state index in [4.69, 9.17) is 15.1 Å². The van der Waals surface area contributed by atoms with Crippen LogP contribution in [0.1, 0.15) is 11.7 Å². The summed E-state index contributed by atoms with van der Waals surface area (Å²) in [4.78, 5) is 15.3. The molecule has 2 heterocycles. The molecule has 1 aliphatic rings. The number of hydrogen-bond acceptors (Lipinski definition) is 4. The standard InChI is InChI=1S/C11H6N3O2Se/c12-4-6-9(8-2-1-3-16-8)7(5-13)11(17)14-10(6)15/h1-3,6,9,13H. The number of allylic oxidation sites excluding steroid dienone is 1. The van der Waals surface area contributed by atoms with Gasteiger partial charge in [-0.3, -0.25) is 0 Å². The predicted octanol–water partition coefficient (Wildman–Crippen LogP) is 0.785. The first kappa shape index (κ1) is 11.6. The van der Waals surface area contributed by atoms with E-state index in [-0.39, 0.29) is 4.61 Å². The van der Waals surface area contributed by atoms with E-state index < -0.39 is 17.7 Å². The van der Waals surface area contributed by atoms with Gasteiger partial charge in [-0.05, 0) is 0 Å². The summed E-state index contributed by atoms with van der Waals surface area (Å²) in [5.41, 5.74) is 0.367. The fourth-order valence-corrected chi connectivity index (χ4v) is 2.27. The van der Waals surface area contributed by atoms with E-state index >= 15 is 0 Å². The molecule has 0 spiro atoms.